The molecule has 1 aromatic rings. The standard InChI is InChI=1S/C21H28O6/c1-15(26-21-19(23)14-18(22)16(2)27-21)8-6-7-11-20(24)25-13-12-17-9-4-3-5-10-17/h3-5,7,9-11,15-16,19,21,23H,6,8,12-14H2,1-2H3/b11-7+/t15-,16+,19-,21-/m1/s1. The summed E-state index contributed by atoms with van der Waals surface area (Å²) in [6.45, 7) is 3.87. The van der Waals surface area contributed by atoms with E-state index < -0.39 is 18.5 Å². The van der Waals surface area contributed by atoms with E-state index in [9.17, 15) is 14.7 Å². The lowest BCUT2D eigenvalue weighted by Gasteiger charge is -2.32. The molecule has 0 aliphatic carbocycles. The molecular weight excluding hydrogens is 348 g/mol. The van der Waals surface area contributed by atoms with Crippen LogP contribution in [0.5, 0.6) is 0 Å². The molecule has 1 aliphatic rings. The summed E-state index contributed by atoms with van der Waals surface area (Å²) in [5.41, 5.74) is 1.13. The van der Waals surface area contributed by atoms with E-state index in [2.05, 4.69) is 0 Å². The zero-order valence-electron chi connectivity index (χ0n) is 15.9. The number of ether oxygens (including phenoxy) is 3. The summed E-state index contributed by atoms with van der Waals surface area (Å²) in [5.74, 6) is -0.485. The Morgan fingerprint density at radius 1 is 1.37 bits per heavy atom. The van der Waals surface area contributed by atoms with Gasteiger partial charge in [0.05, 0.1) is 12.7 Å². The number of carbonyl (C=O) groups excluding carboxylic acids is 2. The molecule has 1 heterocycles. The van der Waals surface area contributed by atoms with E-state index in [-0.39, 0.29) is 24.3 Å². The lowest BCUT2D eigenvalue weighted by Crippen LogP contribution is -2.46. The zero-order chi connectivity index (χ0) is 19.6. The first-order chi connectivity index (χ1) is 13.0. The van der Waals surface area contributed by atoms with E-state index in [0.29, 0.717) is 25.9 Å². The summed E-state index contributed by atoms with van der Waals surface area (Å²) >= 11 is 0. The van der Waals surface area contributed by atoms with Crippen molar-refractivity contribution in [2.75, 3.05) is 6.61 Å². The molecule has 1 N–H and O–H groups in total. The van der Waals surface area contributed by atoms with Crippen molar-refractivity contribution in [3.05, 3.63) is 48.0 Å². The number of hydrogen-bond acceptors (Lipinski definition) is 6. The number of benzene rings is 1. The Morgan fingerprint density at radius 3 is 2.85 bits per heavy atom. The lowest BCUT2D eigenvalue weighted by atomic mass is 10.1. The van der Waals surface area contributed by atoms with Gasteiger partial charge >= 0.3 is 5.97 Å². The molecule has 1 fully saturated rings. The van der Waals surface area contributed by atoms with E-state index in [1.54, 1.807) is 13.0 Å². The number of carbonyl (C=O) groups is 2. The van der Waals surface area contributed by atoms with Gasteiger partial charge in [0.2, 0.25) is 0 Å². The molecule has 0 saturated carbocycles. The molecule has 1 aliphatic heterocycles. The topological polar surface area (TPSA) is 82.1 Å². The molecule has 0 spiro atoms. The summed E-state index contributed by atoms with van der Waals surface area (Å²) < 4.78 is 16.2. The fourth-order valence-electron chi connectivity index (χ4n) is 2.73. The molecule has 4 atom stereocenters. The minimum absolute atomic E-state index is 0.0489. The van der Waals surface area contributed by atoms with Crippen LogP contribution in [-0.2, 0) is 30.2 Å². The highest BCUT2D eigenvalue weighted by Crippen LogP contribution is 2.20. The Hall–Kier alpha value is -2.02. The lowest BCUT2D eigenvalue weighted by molar-refractivity contribution is -0.243. The molecule has 2 rings (SSSR count). The van der Waals surface area contributed by atoms with Crippen molar-refractivity contribution >= 4 is 11.8 Å². The number of aliphatic hydroxyl groups is 1. The molecule has 0 bridgehead atoms. The van der Waals surface area contributed by atoms with E-state index in [1.165, 1.54) is 6.08 Å². The quantitative estimate of drug-likeness (QED) is 0.527. The Balaban J connectivity index is 1.60. The van der Waals surface area contributed by atoms with Gasteiger partial charge < -0.3 is 19.3 Å². The van der Waals surface area contributed by atoms with Crippen LogP contribution < -0.4 is 0 Å². The van der Waals surface area contributed by atoms with Gasteiger partial charge in [-0.2, -0.15) is 0 Å². The van der Waals surface area contributed by atoms with Crippen molar-refractivity contribution in [1.82, 2.24) is 0 Å². The first-order valence-electron chi connectivity index (χ1n) is 9.34. The number of ketones is 1. The molecule has 6 nitrogen and oxygen atoms in total. The fourth-order valence-corrected chi connectivity index (χ4v) is 2.73. The van der Waals surface area contributed by atoms with Crippen LogP contribution in [0.4, 0.5) is 0 Å². The van der Waals surface area contributed by atoms with Crippen LogP contribution in [0.2, 0.25) is 0 Å². The van der Waals surface area contributed by atoms with Gasteiger partial charge in [0.1, 0.15) is 12.2 Å². The highest BCUT2D eigenvalue weighted by molar-refractivity contribution is 5.83. The maximum absolute atomic E-state index is 11.7. The summed E-state index contributed by atoms with van der Waals surface area (Å²) in [7, 11) is 0. The number of allylic oxidation sites excluding steroid dienone is 1. The number of esters is 1. The summed E-state index contributed by atoms with van der Waals surface area (Å²) in [6, 6.07) is 9.85. The van der Waals surface area contributed by atoms with Gasteiger partial charge in [0, 0.05) is 18.9 Å². The normalized spacial score (nSPS) is 24.1. The monoisotopic (exact) mass is 376 g/mol. The highest BCUT2D eigenvalue weighted by Gasteiger charge is 2.34. The van der Waals surface area contributed by atoms with Crippen LogP contribution in [-0.4, -0.2) is 48.1 Å². The molecule has 0 amide bonds. The van der Waals surface area contributed by atoms with Crippen molar-refractivity contribution in [3.8, 4) is 0 Å². The Kier molecular flexibility index (Phi) is 8.64. The number of Topliss-reactive ketones (excluding diaryl/α,β-unsaturated/α-hetero) is 1. The first kappa shape index (κ1) is 21.3. The van der Waals surface area contributed by atoms with Crippen molar-refractivity contribution in [1.29, 1.82) is 0 Å². The average molecular weight is 376 g/mol. The summed E-state index contributed by atoms with van der Waals surface area (Å²) in [6.07, 6.45) is 2.73. The molecule has 1 aromatic carbocycles. The maximum Gasteiger partial charge on any atom is 0.330 e. The van der Waals surface area contributed by atoms with Gasteiger partial charge in [-0.05, 0) is 32.3 Å². The van der Waals surface area contributed by atoms with Gasteiger partial charge in [-0.1, -0.05) is 36.4 Å². The molecule has 27 heavy (non-hydrogen) atoms. The van der Waals surface area contributed by atoms with Crippen LogP contribution in [0.15, 0.2) is 42.5 Å². The van der Waals surface area contributed by atoms with Gasteiger partial charge in [0.25, 0.3) is 0 Å². The van der Waals surface area contributed by atoms with Crippen LogP contribution in [0.1, 0.15) is 38.7 Å². The van der Waals surface area contributed by atoms with E-state index in [0.717, 1.165) is 5.56 Å². The molecular formula is C21H28O6. The largest absolute Gasteiger partial charge is 0.462 e. The van der Waals surface area contributed by atoms with Crippen molar-refractivity contribution < 1.29 is 28.9 Å². The predicted octanol–water partition coefficient (Wildman–Crippen LogP) is 2.58. The first-order valence-corrected chi connectivity index (χ1v) is 9.34. The van der Waals surface area contributed by atoms with Crippen LogP contribution in [0, 0.1) is 0 Å². The van der Waals surface area contributed by atoms with Crippen molar-refractivity contribution in [2.24, 2.45) is 0 Å². The Bertz CT molecular complexity index is 627. The second-order valence-electron chi connectivity index (χ2n) is 6.71. The van der Waals surface area contributed by atoms with Crippen LogP contribution in [0.25, 0.3) is 0 Å². The van der Waals surface area contributed by atoms with Crippen LogP contribution in [0.3, 0.4) is 0 Å². The molecule has 0 unspecified atom stereocenters. The molecule has 148 valence electrons. The zero-order valence-corrected chi connectivity index (χ0v) is 15.9. The molecule has 1 saturated heterocycles. The van der Waals surface area contributed by atoms with E-state index in [1.807, 2.05) is 37.3 Å². The fraction of sp³-hybridized carbons (Fsp3) is 0.524. The van der Waals surface area contributed by atoms with Gasteiger partial charge in [-0.25, -0.2) is 4.79 Å². The minimum atomic E-state index is -0.939. The van der Waals surface area contributed by atoms with E-state index >= 15 is 0 Å². The smallest absolute Gasteiger partial charge is 0.330 e. The Labute approximate surface area is 160 Å². The number of rotatable bonds is 9. The second-order valence-corrected chi connectivity index (χ2v) is 6.71. The van der Waals surface area contributed by atoms with Gasteiger partial charge in [-0.3, -0.25) is 4.79 Å². The second kappa shape index (κ2) is 11.0. The van der Waals surface area contributed by atoms with Gasteiger partial charge in [0.15, 0.2) is 12.1 Å². The number of hydrogen-bond donors (Lipinski definition) is 1. The highest BCUT2D eigenvalue weighted by atomic mass is 16.7. The van der Waals surface area contributed by atoms with Crippen molar-refractivity contribution in [2.45, 2.75) is 64.1 Å². The van der Waals surface area contributed by atoms with Crippen molar-refractivity contribution in [3.63, 3.8) is 0 Å². The molecule has 0 radical (unpaired) electrons. The molecule has 6 heteroatoms. The predicted molar refractivity (Wildman–Crippen MR) is 100.0 cm³/mol. The molecule has 0 aromatic heterocycles. The SMILES string of the molecule is C[C@H](CC/C=C/C(=O)OCCc1ccccc1)O[C@@H]1O[C@@H](C)C(=O)C[C@H]1O. The third kappa shape index (κ3) is 7.62. The third-order valence-electron chi connectivity index (χ3n) is 4.35. The van der Waals surface area contributed by atoms with E-state index in [4.69, 9.17) is 14.2 Å². The minimum Gasteiger partial charge on any atom is -0.462 e. The van der Waals surface area contributed by atoms with Crippen LogP contribution >= 0.6 is 0 Å². The average Bonchev–Trinajstić information content (AvgIpc) is 2.64. The Morgan fingerprint density at radius 2 is 2.11 bits per heavy atom. The summed E-state index contributed by atoms with van der Waals surface area (Å²) in [5, 5.41) is 9.87. The summed E-state index contributed by atoms with van der Waals surface area (Å²) in [4.78, 5) is 23.2. The van der Waals surface area contributed by atoms with Gasteiger partial charge in [-0.15, -0.1) is 0 Å². The number of aliphatic hydroxyl groups excluding tert-OH is 1. The maximum atomic E-state index is 11.7. The third-order valence-corrected chi connectivity index (χ3v) is 4.35.